The van der Waals surface area contributed by atoms with Crippen LogP contribution in [0.15, 0.2) is 12.1 Å². The van der Waals surface area contributed by atoms with Gasteiger partial charge in [0.15, 0.2) is 0 Å². The molecule has 2 heterocycles. The van der Waals surface area contributed by atoms with Gasteiger partial charge in [-0.1, -0.05) is 0 Å². The number of carboxylic acids is 1. The molecule has 8 heteroatoms. The monoisotopic (exact) mass is 338 g/mol. The highest BCUT2D eigenvalue weighted by atomic mass is 32.2. The van der Waals surface area contributed by atoms with Crippen LogP contribution in [-0.2, 0) is 16.0 Å². The molecule has 1 atom stereocenters. The standard InChI is InChI=1S/C15H15FN2O4S/c16-10-6-11-8(1-2-12(19)17-11)5-9(10)13(20)18-15(14(21)22)3-4-23-7-15/h5-6H,1-4,7H2,(H,17,19)(H,18,20)(H,21,22). The summed E-state index contributed by atoms with van der Waals surface area (Å²) >= 11 is 1.44. The first kappa shape index (κ1) is 15.8. The molecule has 0 saturated carbocycles. The fraction of sp³-hybridized carbons (Fsp3) is 0.400. The van der Waals surface area contributed by atoms with E-state index in [-0.39, 0.29) is 23.6 Å². The summed E-state index contributed by atoms with van der Waals surface area (Å²) in [6, 6.07) is 2.50. The molecule has 0 aromatic heterocycles. The molecule has 1 unspecified atom stereocenters. The molecule has 0 aliphatic carbocycles. The number of hydrogen-bond donors (Lipinski definition) is 3. The third-order valence-corrected chi connectivity index (χ3v) is 5.31. The van der Waals surface area contributed by atoms with Gasteiger partial charge in [0.1, 0.15) is 11.4 Å². The molecule has 1 saturated heterocycles. The highest BCUT2D eigenvalue weighted by molar-refractivity contribution is 7.99. The Morgan fingerprint density at radius 3 is 2.78 bits per heavy atom. The molecule has 1 fully saturated rings. The second-order valence-corrected chi connectivity index (χ2v) is 6.79. The fourth-order valence-electron chi connectivity index (χ4n) is 2.75. The van der Waals surface area contributed by atoms with Gasteiger partial charge in [-0.25, -0.2) is 9.18 Å². The molecule has 3 N–H and O–H groups in total. The van der Waals surface area contributed by atoms with E-state index < -0.39 is 23.2 Å². The van der Waals surface area contributed by atoms with E-state index >= 15 is 0 Å². The molecule has 23 heavy (non-hydrogen) atoms. The molecule has 2 amide bonds. The minimum absolute atomic E-state index is 0.193. The first-order valence-electron chi connectivity index (χ1n) is 7.17. The quantitative estimate of drug-likeness (QED) is 0.774. The largest absolute Gasteiger partial charge is 0.479 e. The van der Waals surface area contributed by atoms with Crippen molar-refractivity contribution in [2.45, 2.75) is 24.8 Å². The van der Waals surface area contributed by atoms with Gasteiger partial charge in [-0.3, -0.25) is 9.59 Å². The number of nitrogens with one attached hydrogen (secondary N) is 2. The maximum atomic E-state index is 14.2. The van der Waals surface area contributed by atoms with Gasteiger partial charge >= 0.3 is 5.97 Å². The number of carbonyl (C=O) groups is 3. The molecule has 2 aliphatic heterocycles. The van der Waals surface area contributed by atoms with Crippen LogP contribution in [0.25, 0.3) is 0 Å². The lowest BCUT2D eigenvalue weighted by Gasteiger charge is -2.25. The van der Waals surface area contributed by atoms with Gasteiger partial charge < -0.3 is 15.7 Å². The molecular formula is C15H15FN2O4S. The Morgan fingerprint density at radius 2 is 2.13 bits per heavy atom. The molecule has 1 aromatic rings. The lowest BCUT2D eigenvalue weighted by Crippen LogP contribution is -2.54. The minimum Gasteiger partial charge on any atom is -0.479 e. The molecule has 6 nitrogen and oxygen atoms in total. The zero-order valence-electron chi connectivity index (χ0n) is 12.1. The number of amides is 2. The van der Waals surface area contributed by atoms with Gasteiger partial charge in [-0.2, -0.15) is 11.8 Å². The van der Waals surface area contributed by atoms with E-state index in [1.807, 2.05) is 0 Å². The number of carbonyl (C=O) groups excluding carboxylic acids is 2. The van der Waals surface area contributed by atoms with E-state index in [0.717, 1.165) is 6.07 Å². The van der Waals surface area contributed by atoms with Gasteiger partial charge in [-0.15, -0.1) is 0 Å². The van der Waals surface area contributed by atoms with Gasteiger partial charge in [0, 0.05) is 17.9 Å². The zero-order chi connectivity index (χ0) is 16.6. The Bertz CT molecular complexity index is 701. The van der Waals surface area contributed by atoms with E-state index in [4.69, 9.17) is 0 Å². The number of thioether (sulfide) groups is 1. The molecule has 122 valence electrons. The number of benzene rings is 1. The normalized spacial score (nSPS) is 23.1. The summed E-state index contributed by atoms with van der Waals surface area (Å²) in [6.07, 6.45) is 0.998. The average Bonchev–Trinajstić information content (AvgIpc) is 2.96. The second kappa shape index (κ2) is 5.84. The summed E-state index contributed by atoms with van der Waals surface area (Å²) in [6.45, 7) is 0. The molecule has 0 bridgehead atoms. The van der Waals surface area contributed by atoms with Crippen molar-refractivity contribution < 1.29 is 23.9 Å². The summed E-state index contributed by atoms with van der Waals surface area (Å²) in [7, 11) is 0. The van der Waals surface area contributed by atoms with Crippen LogP contribution in [0.3, 0.4) is 0 Å². The lowest BCUT2D eigenvalue weighted by molar-refractivity contribution is -0.143. The number of anilines is 1. The summed E-state index contributed by atoms with van der Waals surface area (Å²) < 4.78 is 14.2. The highest BCUT2D eigenvalue weighted by Gasteiger charge is 2.43. The number of fused-ring (bicyclic) bond motifs is 1. The van der Waals surface area contributed by atoms with Gasteiger partial charge in [0.05, 0.1) is 5.56 Å². The molecule has 0 spiro atoms. The smallest absolute Gasteiger partial charge is 0.330 e. The summed E-state index contributed by atoms with van der Waals surface area (Å²) in [5, 5.41) is 14.4. The average molecular weight is 338 g/mol. The topological polar surface area (TPSA) is 95.5 Å². The molecule has 1 aromatic carbocycles. The number of carboxylic acid groups (broad SMARTS) is 1. The molecule has 2 aliphatic rings. The van der Waals surface area contributed by atoms with Crippen molar-refractivity contribution in [1.29, 1.82) is 0 Å². The van der Waals surface area contributed by atoms with Crippen LogP contribution >= 0.6 is 11.8 Å². The van der Waals surface area contributed by atoms with Crippen molar-refractivity contribution in [1.82, 2.24) is 5.32 Å². The molecule has 3 rings (SSSR count). The van der Waals surface area contributed by atoms with Crippen LogP contribution in [0.4, 0.5) is 10.1 Å². The van der Waals surface area contributed by atoms with Gasteiger partial charge in [0.25, 0.3) is 5.91 Å². The van der Waals surface area contributed by atoms with Crippen molar-refractivity contribution in [3.05, 3.63) is 29.1 Å². The van der Waals surface area contributed by atoms with Crippen LogP contribution in [0.2, 0.25) is 0 Å². The maximum Gasteiger partial charge on any atom is 0.330 e. The lowest BCUT2D eigenvalue weighted by atomic mass is 9.96. The molecule has 0 radical (unpaired) electrons. The third-order valence-electron chi connectivity index (χ3n) is 4.12. The van der Waals surface area contributed by atoms with Gasteiger partial charge in [-0.05, 0) is 36.3 Å². The Balaban J connectivity index is 1.88. The predicted octanol–water partition coefficient (Wildman–Crippen LogP) is 1.40. The number of halogens is 1. The van der Waals surface area contributed by atoms with E-state index in [1.54, 1.807) is 0 Å². The van der Waals surface area contributed by atoms with Crippen molar-refractivity contribution in [2.24, 2.45) is 0 Å². The van der Waals surface area contributed by atoms with Crippen molar-refractivity contribution in [3.8, 4) is 0 Å². The Kier molecular flexibility index (Phi) is 4.01. The summed E-state index contributed by atoms with van der Waals surface area (Å²) in [5.41, 5.74) is -0.517. The number of hydrogen-bond acceptors (Lipinski definition) is 4. The first-order chi connectivity index (χ1) is 10.9. The summed E-state index contributed by atoms with van der Waals surface area (Å²) in [5.74, 6) is -1.94. The Morgan fingerprint density at radius 1 is 1.35 bits per heavy atom. The third kappa shape index (κ3) is 2.90. The minimum atomic E-state index is -1.35. The summed E-state index contributed by atoms with van der Waals surface area (Å²) in [4.78, 5) is 35.2. The van der Waals surface area contributed by atoms with Crippen molar-refractivity contribution in [2.75, 3.05) is 16.8 Å². The second-order valence-electron chi connectivity index (χ2n) is 5.68. The number of rotatable bonds is 3. The van der Waals surface area contributed by atoms with Gasteiger partial charge in [0.2, 0.25) is 5.91 Å². The van der Waals surface area contributed by atoms with E-state index in [1.165, 1.54) is 17.8 Å². The van der Waals surface area contributed by atoms with Crippen molar-refractivity contribution >= 4 is 35.2 Å². The van der Waals surface area contributed by atoms with Crippen LogP contribution < -0.4 is 10.6 Å². The first-order valence-corrected chi connectivity index (χ1v) is 8.33. The van der Waals surface area contributed by atoms with Crippen LogP contribution in [0.1, 0.15) is 28.8 Å². The van der Waals surface area contributed by atoms with Crippen molar-refractivity contribution in [3.63, 3.8) is 0 Å². The van der Waals surface area contributed by atoms with E-state index in [2.05, 4.69) is 10.6 Å². The van der Waals surface area contributed by atoms with E-state index in [0.29, 0.717) is 29.8 Å². The maximum absolute atomic E-state index is 14.2. The zero-order valence-corrected chi connectivity index (χ0v) is 13.0. The SMILES string of the molecule is O=C1CCc2cc(C(=O)NC3(C(=O)O)CCSC3)c(F)cc2N1. The number of aryl methyl sites for hydroxylation is 1. The Hall–Kier alpha value is -2.09. The Labute approximate surface area is 135 Å². The fourth-order valence-corrected chi connectivity index (χ4v) is 4.07. The predicted molar refractivity (Wildman–Crippen MR) is 83.1 cm³/mol. The molecular weight excluding hydrogens is 323 g/mol. The highest BCUT2D eigenvalue weighted by Crippen LogP contribution is 2.30. The van der Waals surface area contributed by atoms with Crippen LogP contribution in [-0.4, -0.2) is 39.9 Å². The van der Waals surface area contributed by atoms with Crippen LogP contribution in [0.5, 0.6) is 0 Å². The number of aliphatic carboxylic acids is 1. The van der Waals surface area contributed by atoms with E-state index in [9.17, 15) is 23.9 Å². The van der Waals surface area contributed by atoms with Crippen LogP contribution in [0, 0.1) is 5.82 Å².